The van der Waals surface area contributed by atoms with Crippen molar-refractivity contribution in [1.29, 1.82) is 0 Å². The highest BCUT2D eigenvalue weighted by Crippen LogP contribution is 2.40. The topological polar surface area (TPSA) is 41.3 Å². The van der Waals surface area contributed by atoms with Crippen LogP contribution in [0.5, 0.6) is 0 Å². The molecule has 1 rings (SSSR count). The molecule has 1 aliphatic carbocycles. The molecule has 0 bridgehead atoms. The van der Waals surface area contributed by atoms with Crippen molar-refractivity contribution >= 4 is 0 Å². The van der Waals surface area contributed by atoms with Gasteiger partial charge in [0, 0.05) is 25.2 Å². The average Bonchev–Trinajstić information content (AvgIpc) is 2.33. The van der Waals surface area contributed by atoms with Crippen molar-refractivity contribution in [3.63, 3.8) is 0 Å². The van der Waals surface area contributed by atoms with Gasteiger partial charge in [0.15, 0.2) is 0 Å². The van der Waals surface area contributed by atoms with E-state index in [1.54, 1.807) is 0 Å². The van der Waals surface area contributed by atoms with E-state index in [1.807, 2.05) is 0 Å². The van der Waals surface area contributed by atoms with Gasteiger partial charge in [0.2, 0.25) is 0 Å². The van der Waals surface area contributed by atoms with Crippen LogP contribution in [0.3, 0.4) is 0 Å². The summed E-state index contributed by atoms with van der Waals surface area (Å²) in [6.45, 7) is 14.5. The number of hydrogen-bond donors (Lipinski definition) is 2. The zero-order valence-electron chi connectivity index (χ0n) is 12.9. The van der Waals surface area contributed by atoms with Gasteiger partial charge in [-0.3, -0.25) is 0 Å². The number of nitrogens with one attached hydrogen (secondary N) is 1. The van der Waals surface area contributed by atoms with E-state index in [0.717, 1.165) is 32.7 Å². The van der Waals surface area contributed by atoms with Crippen molar-refractivity contribution in [1.82, 2.24) is 10.2 Å². The van der Waals surface area contributed by atoms with Gasteiger partial charge in [0.05, 0.1) is 0 Å². The molecule has 1 fully saturated rings. The summed E-state index contributed by atoms with van der Waals surface area (Å²) in [5.41, 5.74) is 6.70. The van der Waals surface area contributed by atoms with Crippen molar-refractivity contribution < 1.29 is 0 Å². The summed E-state index contributed by atoms with van der Waals surface area (Å²) in [6, 6.07) is 0. The predicted octanol–water partition coefficient (Wildman–Crippen LogP) is 2.22. The van der Waals surface area contributed by atoms with Crippen LogP contribution in [0.2, 0.25) is 0 Å². The normalized spacial score (nSPS) is 27.7. The summed E-state index contributed by atoms with van der Waals surface area (Å²) in [5, 5.41) is 3.77. The predicted molar refractivity (Wildman–Crippen MR) is 79.8 cm³/mol. The first-order valence-corrected chi connectivity index (χ1v) is 7.64. The zero-order valence-corrected chi connectivity index (χ0v) is 12.9. The molecular formula is C15H33N3. The number of nitrogens with two attached hydrogens (primary N) is 1. The highest BCUT2D eigenvalue weighted by molar-refractivity contribution is 4.97. The van der Waals surface area contributed by atoms with E-state index in [-0.39, 0.29) is 5.54 Å². The Hall–Kier alpha value is -0.120. The first kappa shape index (κ1) is 15.9. The standard InChI is InChI=1S/C15H33N3/c1-5-18(6-2)11-10-17-15(13-16)9-7-8-14(3,4)12-15/h17H,5-13,16H2,1-4H3. The SMILES string of the molecule is CCN(CC)CCNC1(CN)CCCC(C)(C)C1. The Morgan fingerprint density at radius 1 is 1.17 bits per heavy atom. The molecule has 3 nitrogen and oxygen atoms in total. The van der Waals surface area contributed by atoms with E-state index >= 15 is 0 Å². The number of rotatable bonds is 7. The molecule has 0 amide bonds. The first-order chi connectivity index (χ1) is 8.47. The third-order valence-electron chi connectivity index (χ3n) is 4.54. The van der Waals surface area contributed by atoms with E-state index < -0.39 is 0 Å². The van der Waals surface area contributed by atoms with Crippen LogP contribution in [-0.4, -0.2) is 43.2 Å². The van der Waals surface area contributed by atoms with Crippen LogP contribution in [0.15, 0.2) is 0 Å². The number of hydrogen-bond acceptors (Lipinski definition) is 3. The molecular weight excluding hydrogens is 222 g/mol. The molecule has 18 heavy (non-hydrogen) atoms. The lowest BCUT2D eigenvalue weighted by Gasteiger charge is -2.45. The van der Waals surface area contributed by atoms with Crippen LogP contribution in [0.1, 0.15) is 53.4 Å². The molecule has 1 aliphatic rings. The molecule has 3 heteroatoms. The Kier molecular flexibility index (Phi) is 6.09. The molecule has 3 N–H and O–H groups in total. The molecule has 0 heterocycles. The lowest BCUT2D eigenvalue weighted by molar-refractivity contribution is 0.121. The zero-order chi connectivity index (χ0) is 13.6. The summed E-state index contributed by atoms with van der Waals surface area (Å²) in [7, 11) is 0. The van der Waals surface area contributed by atoms with Crippen molar-refractivity contribution in [2.75, 3.05) is 32.7 Å². The Balaban J connectivity index is 2.45. The largest absolute Gasteiger partial charge is 0.329 e. The molecule has 0 radical (unpaired) electrons. The monoisotopic (exact) mass is 255 g/mol. The summed E-state index contributed by atoms with van der Waals surface area (Å²) in [5.74, 6) is 0. The van der Waals surface area contributed by atoms with Gasteiger partial charge in [-0.1, -0.05) is 34.1 Å². The molecule has 0 saturated heterocycles. The quantitative estimate of drug-likeness (QED) is 0.733. The maximum absolute atomic E-state index is 6.07. The van der Waals surface area contributed by atoms with Crippen LogP contribution < -0.4 is 11.1 Å². The Morgan fingerprint density at radius 3 is 2.33 bits per heavy atom. The summed E-state index contributed by atoms with van der Waals surface area (Å²) in [4.78, 5) is 2.46. The highest BCUT2D eigenvalue weighted by atomic mass is 15.1. The molecule has 0 spiro atoms. The van der Waals surface area contributed by atoms with Crippen molar-refractivity contribution in [3.05, 3.63) is 0 Å². The van der Waals surface area contributed by atoms with Crippen molar-refractivity contribution in [2.24, 2.45) is 11.1 Å². The fourth-order valence-electron chi connectivity index (χ4n) is 3.41. The molecule has 0 aromatic heterocycles. The van der Waals surface area contributed by atoms with E-state index in [1.165, 1.54) is 25.7 Å². The molecule has 1 unspecified atom stereocenters. The minimum absolute atomic E-state index is 0.189. The molecule has 108 valence electrons. The van der Waals surface area contributed by atoms with Gasteiger partial charge in [0.25, 0.3) is 0 Å². The Bertz CT molecular complexity index is 236. The second-order valence-corrected chi connectivity index (χ2v) is 6.63. The first-order valence-electron chi connectivity index (χ1n) is 7.64. The third-order valence-corrected chi connectivity index (χ3v) is 4.54. The maximum Gasteiger partial charge on any atom is 0.0309 e. The molecule has 1 saturated carbocycles. The van der Waals surface area contributed by atoms with Crippen LogP contribution in [-0.2, 0) is 0 Å². The van der Waals surface area contributed by atoms with Crippen molar-refractivity contribution in [3.8, 4) is 0 Å². The summed E-state index contributed by atoms with van der Waals surface area (Å²) >= 11 is 0. The molecule has 0 aromatic rings. The van der Waals surface area contributed by atoms with Gasteiger partial charge >= 0.3 is 0 Å². The maximum atomic E-state index is 6.07. The molecule has 0 aliphatic heterocycles. The second-order valence-electron chi connectivity index (χ2n) is 6.63. The van der Waals surface area contributed by atoms with Gasteiger partial charge in [0.1, 0.15) is 0 Å². The van der Waals surface area contributed by atoms with Crippen LogP contribution in [0.25, 0.3) is 0 Å². The van der Waals surface area contributed by atoms with Gasteiger partial charge < -0.3 is 16.0 Å². The summed E-state index contributed by atoms with van der Waals surface area (Å²) < 4.78 is 0. The fraction of sp³-hybridized carbons (Fsp3) is 1.00. The number of likely N-dealkylation sites (N-methyl/N-ethyl adjacent to an activating group) is 1. The van der Waals surface area contributed by atoms with E-state index in [9.17, 15) is 0 Å². The van der Waals surface area contributed by atoms with Crippen LogP contribution in [0, 0.1) is 5.41 Å². The van der Waals surface area contributed by atoms with Crippen LogP contribution in [0.4, 0.5) is 0 Å². The fourth-order valence-corrected chi connectivity index (χ4v) is 3.41. The summed E-state index contributed by atoms with van der Waals surface area (Å²) in [6.07, 6.45) is 5.11. The van der Waals surface area contributed by atoms with E-state index in [0.29, 0.717) is 5.41 Å². The van der Waals surface area contributed by atoms with Gasteiger partial charge in [-0.2, -0.15) is 0 Å². The lowest BCUT2D eigenvalue weighted by Crippen LogP contribution is -2.56. The van der Waals surface area contributed by atoms with Crippen molar-refractivity contribution in [2.45, 2.75) is 58.9 Å². The minimum Gasteiger partial charge on any atom is -0.329 e. The van der Waals surface area contributed by atoms with E-state index in [4.69, 9.17) is 5.73 Å². The Morgan fingerprint density at radius 2 is 1.83 bits per heavy atom. The average molecular weight is 255 g/mol. The van der Waals surface area contributed by atoms with Gasteiger partial charge in [-0.15, -0.1) is 0 Å². The van der Waals surface area contributed by atoms with Crippen LogP contribution >= 0.6 is 0 Å². The highest BCUT2D eigenvalue weighted by Gasteiger charge is 2.38. The molecule has 0 aromatic carbocycles. The smallest absolute Gasteiger partial charge is 0.0309 e. The minimum atomic E-state index is 0.189. The molecule has 1 atom stereocenters. The second kappa shape index (κ2) is 6.88. The third kappa shape index (κ3) is 4.52. The van der Waals surface area contributed by atoms with Gasteiger partial charge in [-0.25, -0.2) is 0 Å². The number of nitrogens with zero attached hydrogens (tertiary/aromatic N) is 1. The van der Waals surface area contributed by atoms with Gasteiger partial charge in [-0.05, 0) is 37.8 Å². The van der Waals surface area contributed by atoms with E-state index in [2.05, 4.69) is 37.9 Å². The Labute approximate surface area is 113 Å². The lowest BCUT2D eigenvalue weighted by atomic mass is 9.68.